The average Bonchev–Trinajstić information content (AvgIpc) is 3.24. The van der Waals surface area contributed by atoms with Crippen LogP contribution in [0.3, 0.4) is 0 Å². The standard InChI is InChI=1S/C28H26Cl3F3N2O2/c1-26(2,3)18-8-13-21(22(14-18)38-15-27(32,33)34)28(25(31)37)35-23(16-4-9-19(29)10-5-16)24(36-28)17-6-11-20(30)12-7-17/h4-14,23-24,35-36H,15H2,1-3H3/t23-,24+,28?. The molecule has 3 atom stereocenters. The Morgan fingerprint density at radius 2 is 1.34 bits per heavy atom. The van der Waals surface area contributed by atoms with E-state index in [1.54, 1.807) is 36.4 Å². The maximum Gasteiger partial charge on any atom is 0.422 e. The summed E-state index contributed by atoms with van der Waals surface area (Å²) in [6.45, 7) is 4.26. The second-order valence-corrected chi connectivity index (χ2v) is 11.5. The van der Waals surface area contributed by atoms with Gasteiger partial charge in [0.2, 0.25) is 0 Å². The van der Waals surface area contributed by atoms with E-state index in [-0.39, 0.29) is 16.7 Å². The lowest BCUT2D eigenvalue weighted by Gasteiger charge is -2.31. The number of hydrogen-bond donors (Lipinski definition) is 2. The van der Waals surface area contributed by atoms with Gasteiger partial charge in [0.1, 0.15) is 5.75 Å². The van der Waals surface area contributed by atoms with Gasteiger partial charge in [0.25, 0.3) is 5.24 Å². The summed E-state index contributed by atoms with van der Waals surface area (Å²) in [5, 5.41) is 6.78. The molecule has 1 aliphatic heterocycles. The Morgan fingerprint density at radius 3 is 1.74 bits per heavy atom. The molecule has 1 unspecified atom stereocenters. The van der Waals surface area contributed by atoms with Crippen molar-refractivity contribution in [2.75, 3.05) is 6.61 Å². The molecule has 4 nitrogen and oxygen atoms in total. The highest BCUT2D eigenvalue weighted by atomic mass is 35.5. The first kappa shape index (κ1) is 28.7. The van der Waals surface area contributed by atoms with Crippen LogP contribution in [0.1, 0.15) is 55.1 Å². The zero-order valence-corrected chi connectivity index (χ0v) is 23.1. The number of carbonyl (C=O) groups excluding carboxylic acids is 1. The largest absolute Gasteiger partial charge is 0.484 e. The lowest BCUT2D eigenvalue weighted by Crippen LogP contribution is -2.51. The van der Waals surface area contributed by atoms with Crippen molar-refractivity contribution >= 4 is 40.0 Å². The van der Waals surface area contributed by atoms with Crippen molar-refractivity contribution in [3.05, 3.63) is 99.0 Å². The fourth-order valence-corrected chi connectivity index (χ4v) is 4.98. The molecule has 0 saturated carbocycles. The molecule has 38 heavy (non-hydrogen) atoms. The fourth-order valence-electron chi connectivity index (χ4n) is 4.52. The minimum atomic E-state index is -4.58. The molecule has 1 heterocycles. The van der Waals surface area contributed by atoms with Gasteiger partial charge < -0.3 is 4.74 Å². The third-order valence-corrected chi connectivity index (χ3v) is 7.26. The third-order valence-electron chi connectivity index (χ3n) is 6.47. The molecule has 0 aromatic heterocycles. The summed E-state index contributed by atoms with van der Waals surface area (Å²) in [7, 11) is 0. The molecule has 1 saturated heterocycles. The fraction of sp³-hybridized carbons (Fsp3) is 0.321. The molecule has 1 fully saturated rings. The van der Waals surface area contributed by atoms with Gasteiger partial charge >= 0.3 is 6.18 Å². The Labute approximate surface area is 234 Å². The van der Waals surface area contributed by atoms with Crippen molar-refractivity contribution < 1.29 is 22.7 Å². The third kappa shape index (κ3) is 6.13. The van der Waals surface area contributed by atoms with E-state index in [9.17, 15) is 18.0 Å². The molecule has 0 bridgehead atoms. The number of carbonyl (C=O) groups is 1. The quantitative estimate of drug-likeness (QED) is 0.290. The highest BCUT2D eigenvalue weighted by Gasteiger charge is 2.52. The van der Waals surface area contributed by atoms with Crippen LogP contribution < -0.4 is 15.4 Å². The molecule has 2 N–H and O–H groups in total. The maximum atomic E-state index is 13.2. The van der Waals surface area contributed by atoms with Gasteiger partial charge in [-0.1, -0.05) is 80.4 Å². The number of halogens is 6. The number of ether oxygens (including phenoxy) is 1. The van der Waals surface area contributed by atoms with Crippen LogP contribution in [0.5, 0.6) is 5.75 Å². The van der Waals surface area contributed by atoms with Crippen LogP contribution in [0.25, 0.3) is 0 Å². The van der Waals surface area contributed by atoms with Gasteiger partial charge in [-0.2, -0.15) is 13.2 Å². The number of alkyl halides is 3. The summed E-state index contributed by atoms with van der Waals surface area (Å²) in [6, 6.07) is 17.9. The van der Waals surface area contributed by atoms with Gasteiger partial charge in [-0.25, -0.2) is 0 Å². The minimum Gasteiger partial charge on any atom is -0.484 e. The summed E-state index contributed by atoms with van der Waals surface area (Å²) in [4.78, 5) is 13.2. The summed E-state index contributed by atoms with van der Waals surface area (Å²) >= 11 is 18.4. The first-order chi connectivity index (χ1) is 17.7. The predicted octanol–water partition coefficient (Wildman–Crippen LogP) is 7.83. The van der Waals surface area contributed by atoms with Crippen LogP contribution in [-0.2, 0) is 15.9 Å². The summed E-state index contributed by atoms with van der Waals surface area (Å²) in [5.74, 6) is -0.102. The molecule has 202 valence electrons. The lowest BCUT2D eigenvalue weighted by molar-refractivity contribution is -0.153. The molecule has 3 aromatic rings. The molecular weight excluding hydrogens is 560 g/mol. The van der Waals surface area contributed by atoms with Crippen molar-refractivity contribution in [1.82, 2.24) is 10.6 Å². The van der Waals surface area contributed by atoms with Crippen molar-refractivity contribution in [1.29, 1.82) is 0 Å². The van der Waals surface area contributed by atoms with E-state index in [4.69, 9.17) is 39.5 Å². The van der Waals surface area contributed by atoms with Gasteiger partial charge in [0.05, 0.1) is 12.1 Å². The SMILES string of the molecule is CC(C)(C)c1ccc(C2(C(=O)Cl)N[C@H](c3ccc(Cl)cc3)[C@H](c3ccc(Cl)cc3)N2)c(OCC(F)(F)F)c1. The number of hydrogen-bond acceptors (Lipinski definition) is 4. The van der Waals surface area contributed by atoms with Crippen molar-refractivity contribution in [3.63, 3.8) is 0 Å². The number of nitrogens with one attached hydrogen (secondary N) is 2. The monoisotopic (exact) mass is 584 g/mol. The summed E-state index contributed by atoms with van der Waals surface area (Å²) < 4.78 is 44.9. The first-order valence-corrected chi connectivity index (χ1v) is 12.9. The topological polar surface area (TPSA) is 50.4 Å². The second-order valence-electron chi connectivity index (χ2n) is 10.2. The highest BCUT2D eigenvalue weighted by molar-refractivity contribution is 6.65. The second kappa shape index (κ2) is 10.7. The van der Waals surface area contributed by atoms with Crippen LogP contribution in [0.15, 0.2) is 66.7 Å². The molecule has 0 amide bonds. The van der Waals surface area contributed by atoms with Gasteiger partial charge in [0.15, 0.2) is 12.3 Å². The van der Waals surface area contributed by atoms with Crippen LogP contribution in [-0.4, -0.2) is 18.0 Å². The predicted molar refractivity (Wildman–Crippen MR) is 144 cm³/mol. The van der Waals surface area contributed by atoms with Crippen LogP contribution >= 0.6 is 34.8 Å². The van der Waals surface area contributed by atoms with E-state index in [1.165, 1.54) is 6.07 Å². The van der Waals surface area contributed by atoms with E-state index in [2.05, 4.69) is 10.6 Å². The zero-order chi connectivity index (χ0) is 27.9. The van der Waals surface area contributed by atoms with Crippen LogP contribution in [0.2, 0.25) is 10.0 Å². The van der Waals surface area contributed by atoms with E-state index >= 15 is 0 Å². The van der Waals surface area contributed by atoms with Crippen molar-refractivity contribution in [2.45, 2.75) is 50.1 Å². The van der Waals surface area contributed by atoms with E-state index in [0.717, 1.165) is 16.7 Å². The van der Waals surface area contributed by atoms with Gasteiger partial charge in [0, 0.05) is 15.6 Å². The highest BCUT2D eigenvalue weighted by Crippen LogP contribution is 2.45. The first-order valence-electron chi connectivity index (χ1n) is 11.8. The Morgan fingerprint density at radius 1 is 0.868 bits per heavy atom. The summed E-state index contributed by atoms with van der Waals surface area (Å²) in [5.41, 5.74) is 0.285. The van der Waals surface area contributed by atoms with E-state index < -0.39 is 35.8 Å². The normalized spacial score (nSPS) is 21.9. The molecule has 1 aliphatic rings. The summed E-state index contributed by atoms with van der Waals surface area (Å²) in [6.07, 6.45) is -4.58. The van der Waals surface area contributed by atoms with Gasteiger partial charge in [-0.05, 0) is 64.0 Å². The molecule has 4 rings (SSSR count). The minimum absolute atomic E-state index is 0.102. The smallest absolute Gasteiger partial charge is 0.422 e. The van der Waals surface area contributed by atoms with Gasteiger partial charge in [-0.3, -0.25) is 15.4 Å². The Hall–Kier alpha value is -2.29. The molecule has 0 aliphatic carbocycles. The van der Waals surface area contributed by atoms with E-state index in [0.29, 0.717) is 10.0 Å². The molecule has 0 spiro atoms. The molecular formula is C28H26Cl3F3N2O2. The Balaban J connectivity index is 1.88. The number of benzene rings is 3. The van der Waals surface area contributed by atoms with Crippen LogP contribution in [0.4, 0.5) is 13.2 Å². The Bertz CT molecular complexity index is 1250. The molecule has 0 radical (unpaired) electrons. The zero-order valence-electron chi connectivity index (χ0n) is 20.8. The van der Waals surface area contributed by atoms with Crippen LogP contribution in [0, 0.1) is 0 Å². The molecule has 3 aromatic carbocycles. The van der Waals surface area contributed by atoms with Crippen molar-refractivity contribution in [2.24, 2.45) is 0 Å². The number of rotatable bonds is 6. The molecule has 10 heteroatoms. The average molecular weight is 586 g/mol. The van der Waals surface area contributed by atoms with E-state index in [1.807, 2.05) is 45.0 Å². The van der Waals surface area contributed by atoms with Gasteiger partial charge in [-0.15, -0.1) is 0 Å². The maximum absolute atomic E-state index is 13.2. The van der Waals surface area contributed by atoms with Crippen molar-refractivity contribution in [3.8, 4) is 5.75 Å². The lowest BCUT2D eigenvalue weighted by atomic mass is 9.85. The Kier molecular flexibility index (Phi) is 8.09.